The monoisotopic (exact) mass is 445 g/mol. The van der Waals surface area contributed by atoms with Crippen molar-refractivity contribution in [2.45, 2.75) is 32.2 Å². The van der Waals surface area contributed by atoms with Crippen molar-refractivity contribution >= 4 is 43.9 Å². The quantitative estimate of drug-likeness (QED) is 0.584. The van der Waals surface area contributed by atoms with Crippen molar-refractivity contribution in [3.63, 3.8) is 0 Å². The second-order valence-electron chi connectivity index (χ2n) is 8.42. The Morgan fingerprint density at radius 3 is 2.71 bits per heavy atom. The van der Waals surface area contributed by atoms with Gasteiger partial charge in [0.25, 0.3) is 0 Å². The third-order valence-corrected chi connectivity index (χ3v) is 7.63. The molecule has 2 aliphatic rings. The average Bonchev–Trinajstić information content (AvgIpc) is 3.35. The number of aromatic hydroxyl groups is 1. The van der Waals surface area contributed by atoms with E-state index in [0.717, 1.165) is 30.6 Å². The van der Waals surface area contributed by atoms with Gasteiger partial charge in [0.15, 0.2) is 23.1 Å². The number of nitrogens with two attached hydrogens (primary N) is 1. The Kier molecular flexibility index (Phi) is 4.71. The van der Waals surface area contributed by atoms with E-state index in [4.69, 9.17) is 10.5 Å². The summed E-state index contributed by atoms with van der Waals surface area (Å²) in [6.07, 6.45) is 2.66. The third-order valence-electron chi connectivity index (χ3n) is 6.35. The van der Waals surface area contributed by atoms with Crippen molar-refractivity contribution in [3.8, 4) is 11.5 Å². The summed E-state index contributed by atoms with van der Waals surface area (Å²) in [5.74, 6) is -0.575. The number of carbonyl (C=O) groups is 1. The van der Waals surface area contributed by atoms with E-state index in [1.165, 1.54) is 20.1 Å². The van der Waals surface area contributed by atoms with Gasteiger partial charge in [0.2, 0.25) is 5.43 Å². The largest absolute Gasteiger partial charge is 0.505 e. The van der Waals surface area contributed by atoms with E-state index < -0.39 is 11.2 Å². The predicted octanol–water partition coefficient (Wildman–Crippen LogP) is 3.39. The van der Waals surface area contributed by atoms with Gasteiger partial charge in [0.05, 0.1) is 18.0 Å². The molecule has 5 rings (SSSR count). The Balaban J connectivity index is 1.90. The van der Waals surface area contributed by atoms with E-state index in [1.807, 2.05) is 9.47 Å². The molecule has 1 saturated heterocycles. The molecule has 1 aliphatic heterocycles. The molecule has 0 amide bonds. The zero-order valence-electron chi connectivity index (χ0n) is 17.4. The van der Waals surface area contributed by atoms with Gasteiger partial charge in [-0.2, -0.15) is 0 Å². The number of thiophene rings is 1. The van der Waals surface area contributed by atoms with Gasteiger partial charge in [-0.1, -0.05) is 0 Å². The van der Waals surface area contributed by atoms with Crippen molar-refractivity contribution in [1.29, 1.82) is 0 Å². The molecule has 3 N–H and O–H groups in total. The summed E-state index contributed by atoms with van der Waals surface area (Å²) in [6.45, 7) is 3.17. The smallest absolute Gasteiger partial charge is 0.202 e. The SMILES string of the molecule is COc1c(N2CCC(CN)C2)c(F)cc2c(=O)c3c(O)c(C(C)=O)sc3n(C3CC3)c12. The molecule has 0 radical (unpaired) electrons. The highest BCUT2D eigenvalue weighted by molar-refractivity contribution is 7.21. The van der Waals surface area contributed by atoms with Crippen LogP contribution in [0, 0.1) is 11.7 Å². The molecule has 3 aromatic rings. The minimum atomic E-state index is -0.540. The number of pyridine rings is 1. The summed E-state index contributed by atoms with van der Waals surface area (Å²) in [5.41, 5.74) is 6.19. The summed E-state index contributed by atoms with van der Waals surface area (Å²) >= 11 is 1.11. The van der Waals surface area contributed by atoms with Gasteiger partial charge >= 0.3 is 0 Å². The average molecular weight is 446 g/mol. The van der Waals surface area contributed by atoms with E-state index in [1.54, 1.807) is 0 Å². The number of ether oxygens (including phenoxy) is 1. The Hall–Kier alpha value is -2.65. The molecule has 1 unspecified atom stereocenters. The molecule has 1 atom stereocenters. The summed E-state index contributed by atoms with van der Waals surface area (Å²) in [6, 6.07) is 1.35. The molecule has 7 nitrogen and oxygen atoms in total. The minimum Gasteiger partial charge on any atom is -0.505 e. The maximum Gasteiger partial charge on any atom is 0.202 e. The first-order valence-electron chi connectivity index (χ1n) is 10.4. The zero-order valence-corrected chi connectivity index (χ0v) is 18.2. The number of aromatic nitrogens is 1. The molecule has 0 bridgehead atoms. The Labute approximate surface area is 181 Å². The number of nitrogens with zero attached hydrogens (tertiary/aromatic N) is 2. The summed E-state index contributed by atoms with van der Waals surface area (Å²) in [5, 5.41) is 10.9. The number of rotatable bonds is 5. The van der Waals surface area contributed by atoms with Gasteiger partial charge in [-0.3, -0.25) is 9.59 Å². The van der Waals surface area contributed by atoms with E-state index in [9.17, 15) is 14.7 Å². The third kappa shape index (κ3) is 2.94. The molecule has 3 heterocycles. The normalized spacial score (nSPS) is 19.0. The van der Waals surface area contributed by atoms with Crippen LogP contribution >= 0.6 is 11.3 Å². The van der Waals surface area contributed by atoms with Crippen molar-refractivity contribution < 1.29 is 19.0 Å². The fraction of sp³-hybridized carbons (Fsp3) is 0.455. The van der Waals surface area contributed by atoms with Gasteiger partial charge in [-0.25, -0.2) is 4.39 Å². The fourth-order valence-corrected chi connectivity index (χ4v) is 5.84. The number of fused-ring (bicyclic) bond motifs is 2. The molecule has 31 heavy (non-hydrogen) atoms. The zero-order chi connectivity index (χ0) is 22.0. The molecule has 2 fully saturated rings. The Bertz CT molecular complexity index is 1290. The Morgan fingerprint density at radius 2 is 2.13 bits per heavy atom. The molecule has 164 valence electrons. The van der Waals surface area contributed by atoms with Crippen LogP contribution in [0.15, 0.2) is 10.9 Å². The number of hydrogen-bond donors (Lipinski definition) is 2. The van der Waals surface area contributed by atoms with Crippen LogP contribution in [0.5, 0.6) is 11.5 Å². The molecule has 1 saturated carbocycles. The van der Waals surface area contributed by atoms with Crippen LogP contribution in [0.3, 0.4) is 0 Å². The number of ketones is 1. The van der Waals surface area contributed by atoms with Crippen LogP contribution in [-0.4, -0.2) is 42.2 Å². The number of carbonyl (C=O) groups excluding carboxylic acids is 1. The van der Waals surface area contributed by atoms with Crippen LogP contribution < -0.4 is 20.8 Å². The summed E-state index contributed by atoms with van der Waals surface area (Å²) in [4.78, 5) is 28.0. The standard InChI is InChI=1S/C22H24FN3O4S/c1-10(27)21-19(29)15-18(28)13-7-14(23)17(25-6-5-11(8-24)9-25)20(30-2)16(13)26(12-3-4-12)22(15)31-21/h7,11-12,29H,3-6,8-9,24H2,1-2H3. The van der Waals surface area contributed by atoms with Gasteiger partial charge in [-0.15, -0.1) is 11.3 Å². The highest BCUT2D eigenvalue weighted by atomic mass is 32.1. The first-order valence-corrected chi connectivity index (χ1v) is 11.2. The summed E-state index contributed by atoms with van der Waals surface area (Å²) < 4.78 is 23.1. The topological polar surface area (TPSA) is 97.8 Å². The van der Waals surface area contributed by atoms with Crippen molar-refractivity contribution in [2.75, 3.05) is 31.6 Å². The molecule has 2 aromatic heterocycles. The first-order chi connectivity index (χ1) is 14.9. The van der Waals surface area contributed by atoms with Crippen molar-refractivity contribution in [1.82, 2.24) is 4.57 Å². The van der Waals surface area contributed by atoms with Gasteiger partial charge in [0, 0.05) is 26.1 Å². The predicted molar refractivity (Wildman–Crippen MR) is 119 cm³/mol. The molecule has 1 aliphatic carbocycles. The van der Waals surface area contributed by atoms with Crippen LogP contribution in [0.1, 0.15) is 41.9 Å². The Morgan fingerprint density at radius 1 is 1.39 bits per heavy atom. The lowest BCUT2D eigenvalue weighted by atomic mass is 10.1. The lowest BCUT2D eigenvalue weighted by Gasteiger charge is -2.24. The van der Waals surface area contributed by atoms with Crippen LogP contribution in [-0.2, 0) is 0 Å². The van der Waals surface area contributed by atoms with Crippen LogP contribution in [0.25, 0.3) is 21.1 Å². The second-order valence-corrected chi connectivity index (χ2v) is 9.42. The highest BCUT2D eigenvalue weighted by Gasteiger charge is 2.35. The minimum absolute atomic E-state index is 0.0770. The number of Topliss-reactive ketones (excluding diaryl/α,β-unsaturated/α-hetero) is 1. The summed E-state index contributed by atoms with van der Waals surface area (Å²) in [7, 11) is 1.48. The fourth-order valence-electron chi connectivity index (χ4n) is 4.68. The number of halogens is 1. The maximum absolute atomic E-state index is 15.4. The number of benzene rings is 1. The first kappa shape index (κ1) is 20.3. The van der Waals surface area contributed by atoms with Crippen LogP contribution in [0.4, 0.5) is 10.1 Å². The van der Waals surface area contributed by atoms with Crippen molar-refractivity contribution in [3.05, 3.63) is 27.0 Å². The number of anilines is 1. The van der Waals surface area contributed by atoms with Crippen molar-refractivity contribution in [2.24, 2.45) is 11.7 Å². The molecule has 9 heteroatoms. The highest BCUT2D eigenvalue weighted by Crippen LogP contribution is 2.48. The lowest BCUT2D eigenvalue weighted by Crippen LogP contribution is -2.24. The molecule has 1 aromatic carbocycles. The van der Waals surface area contributed by atoms with Gasteiger partial charge < -0.3 is 25.0 Å². The number of hydrogen-bond acceptors (Lipinski definition) is 7. The van der Waals surface area contributed by atoms with Gasteiger partial charge in [-0.05, 0) is 37.8 Å². The molecular formula is C22H24FN3O4S. The van der Waals surface area contributed by atoms with E-state index in [-0.39, 0.29) is 39.1 Å². The van der Waals surface area contributed by atoms with Gasteiger partial charge in [0.1, 0.15) is 20.8 Å². The number of methoxy groups -OCH3 is 1. The van der Waals surface area contributed by atoms with E-state index in [0.29, 0.717) is 41.4 Å². The lowest BCUT2D eigenvalue weighted by molar-refractivity contribution is 0.101. The molecular weight excluding hydrogens is 421 g/mol. The van der Waals surface area contributed by atoms with E-state index >= 15 is 4.39 Å². The maximum atomic E-state index is 15.4. The van der Waals surface area contributed by atoms with E-state index in [2.05, 4.69) is 0 Å². The molecule has 0 spiro atoms. The van der Waals surface area contributed by atoms with Crippen LogP contribution in [0.2, 0.25) is 0 Å². The second kappa shape index (κ2) is 7.20.